The van der Waals surface area contributed by atoms with Gasteiger partial charge in [-0.1, -0.05) is 0 Å². The molecule has 0 radical (unpaired) electrons. The summed E-state index contributed by atoms with van der Waals surface area (Å²) in [6, 6.07) is 7.99. The lowest BCUT2D eigenvalue weighted by molar-refractivity contribution is 0.612. The summed E-state index contributed by atoms with van der Waals surface area (Å²) in [5.74, 6) is 0.609. The predicted molar refractivity (Wildman–Crippen MR) is 131 cm³/mol. The van der Waals surface area contributed by atoms with Crippen LogP contribution in [0.1, 0.15) is 18.9 Å². The number of aromatic amines is 1. The first-order chi connectivity index (χ1) is 14.6. The number of rotatable bonds is 6. The van der Waals surface area contributed by atoms with E-state index in [9.17, 15) is 8.78 Å². The Balaban J connectivity index is 0.00000272. The molecule has 1 saturated heterocycles. The van der Waals surface area contributed by atoms with Crippen molar-refractivity contribution in [2.75, 3.05) is 31.1 Å². The molecule has 0 aliphatic carbocycles. The van der Waals surface area contributed by atoms with Crippen LogP contribution in [0.4, 0.5) is 14.6 Å². The van der Waals surface area contributed by atoms with Gasteiger partial charge in [0.05, 0.1) is 0 Å². The first-order valence-electron chi connectivity index (χ1n) is 10.3. The summed E-state index contributed by atoms with van der Waals surface area (Å²) in [6.45, 7) is 4.80. The average Bonchev–Trinajstić information content (AvgIpc) is 3.35. The number of H-pyrrole nitrogens is 1. The summed E-state index contributed by atoms with van der Waals surface area (Å²) in [4.78, 5) is 13.9. The van der Waals surface area contributed by atoms with Crippen LogP contribution in [0.3, 0.4) is 0 Å². The van der Waals surface area contributed by atoms with Crippen molar-refractivity contribution in [3.05, 3.63) is 59.9 Å². The van der Waals surface area contributed by atoms with Gasteiger partial charge in [-0.25, -0.2) is 13.8 Å². The number of benzene rings is 1. The van der Waals surface area contributed by atoms with Crippen LogP contribution in [0.2, 0.25) is 0 Å². The van der Waals surface area contributed by atoms with Gasteiger partial charge in [0.2, 0.25) is 0 Å². The van der Waals surface area contributed by atoms with Gasteiger partial charge in [0.25, 0.3) is 0 Å². The van der Waals surface area contributed by atoms with Gasteiger partial charge in [0.15, 0.2) is 17.6 Å². The summed E-state index contributed by atoms with van der Waals surface area (Å²) >= 11 is 0. The molecule has 1 aromatic carbocycles. The summed E-state index contributed by atoms with van der Waals surface area (Å²) in [6.07, 6.45) is 5.16. The molecule has 3 heterocycles. The van der Waals surface area contributed by atoms with E-state index in [4.69, 9.17) is 0 Å². The number of anilines is 1. The van der Waals surface area contributed by atoms with E-state index in [0.717, 1.165) is 48.4 Å². The van der Waals surface area contributed by atoms with Gasteiger partial charge in [-0.05, 0) is 55.7 Å². The molecular weight excluding hydrogens is 513 g/mol. The van der Waals surface area contributed by atoms with Crippen LogP contribution in [0.25, 0.3) is 10.9 Å². The third-order valence-corrected chi connectivity index (χ3v) is 5.29. The van der Waals surface area contributed by atoms with Crippen molar-refractivity contribution in [2.45, 2.75) is 25.8 Å². The van der Waals surface area contributed by atoms with Gasteiger partial charge in [-0.2, -0.15) is 0 Å². The van der Waals surface area contributed by atoms with Crippen LogP contribution in [0.15, 0.2) is 47.7 Å². The normalized spacial score (nSPS) is 16.4. The molecule has 6 nitrogen and oxygen atoms in total. The maximum atomic E-state index is 14.0. The fourth-order valence-corrected chi connectivity index (χ4v) is 3.85. The van der Waals surface area contributed by atoms with E-state index in [1.165, 1.54) is 18.2 Å². The van der Waals surface area contributed by atoms with Crippen molar-refractivity contribution in [1.29, 1.82) is 0 Å². The third kappa shape index (κ3) is 5.63. The molecule has 9 heteroatoms. The van der Waals surface area contributed by atoms with Gasteiger partial charge >= 0.3 is 0 Å². The molecule has 0 amide bonds. The lowest BCUT2D eigenvalue weighted by Crippen LogP contribution is -2.44. The summed E-state index contributed by atoms with van der Waals surface area (Å²) < 4.78 is 27.4. The molecule has 31 heavy (non-hydrogen) atoms. The van der Waals surface area contributed by atoms with Crippen LogP contribution in [0, 0.1) is 11.6 Å². The van der Waals surface area contributed by atoms with E-state index >= 15 is 0 Å². The quantitative estimate of drug-likeness (QED) is 0.253. The van der Waals surface area contributed by atoms with Gasteiger partial charge < -0.3 is 20.5 Å². The Morgan fingerprint density at radius 1 is 1.32 bits per heavy atom. The van der Waals surface area contributed by atoms with E-state index in [-0.39, 0.29) is 41.7 Å². The Hall–Kier alpha value is -2.43. The van der Waals surface area contributed by atoms with E-state index in [1.807, 2.05) is 18.0 Å². The molecule has 0 bridgehead atoms. The minimum absolute atomic E-state index is 0. The molecule has 3 aromatic rings. The highest BCUT2D eigenvalue weighted by Crippen LogP contribution is 2.21. The van der Waals surface area contributed by atoms with Gasteiger partial charge in [0, 0.05) is 55.5 Å². The smallest absolute Gasteiger partial charge is 0.191 e. The minimum atomic E-state index is -0.294. The lowest BCUT2D eigenvalue weighted by atomic mass is 10.1. The second-order valence-corrected chi connectivity index (χ2v) is 7.40. The van der Waals surface area contributed by atoms with Crippen molar-refractivity contribution in [2.24, 2.45) is 4.99 Å². The molecule has 4 rings (SSSR count). The topological polar surface area (TPSA) is 68.3 Å². The molecule has 1 aliphatic heterocycles. The Bertz CT molecular complexity index is 1040. The zero-order valence-electron chi connectivity index (χ0n) is 17.4. The van der Waals surface area contributed by atoms with Gasteiger partial charge in [-0.3, -0.25) is 4.99 Å². The number of fused-ring (bicyclic) bond motifs is 1. The van der Waals surface area contributed by atoms with Crippen LogP contribution in [-0.2, 0) is 6.42 Å². The zero-order chi connectivity index (χ0) is 20.9. The summed E-state index contributed by atoms with van der Waals surface area (Å²) in [5, 5.41) is 7.75. The van der Waals surface area contributed by atoms with Crippen molar-refractivity contribution >= 4 is 46.7 Å². The van der Waals surface area contributed by atoms with Crippen molar-refractivity contribution in [3.63, 3.8) is 0 Å². The van der Waals surface area contributed by atoms with Crippen molar-refractivity contribution in [1.82, 2.24) is 20.6 Å². The number of aromatic nitrogens is 2. The number of hydrogen-bond donors (Lipinski definition) is 3. The second-order valence-electron chi connectivity index (χ2n) is 7.40. The minimum Gasteiger partial charge on any atom is -0.361 e. The van der Waals surface area contributed by atoms with Crippen LogP contribution in [-0.4, -0.2) is 48.1 Å². The molecule has 0 saturated carbocycles. The summed E-state index contributed by atoms with van der Waals surface area (Å²) in [7, 11) is 0. The highest BCUT2D eigenvalue weighted by Gasteiger charge is 2.25. The monoisotopic (exact) mass is 540 g/mol. The SMILES string of the molecule is CCNC(=NCCc1c[nH]c2cc(F)ccc12)NC1CCN(c2ncccc2F)C1.I. The number of guanidine groups is 1. The Morgan fingerprint density at radius 2 is 2.19 bits per heavy atom. The lowest BCUT2D eigenvalue weighted by Gasteiger charge is -2.19. The third-order valence-electron chi connectivity index (χ3n) is 5.29. The molecule has 3 N–H and O–H groups in total. The van der Waals surface area contributed by atoms with E-state index < -0.39 is 0 Å². The van der Waals surface area contributed by atoms with E-state index in [2.05, 4.69) is 25.6 Å². The van der Waals surface area contributed by atoms with Crippen molar-refractivity contribution in [3.8, 4) is 0 Å². The average molecular weight is 540 g/mol. The highest BCUT2D eigenvalue weighted by molar-refractivity contribution is 14.0. The summed E-state index contributed by atoms with van der Waals surface area (Å²) in [5.41, 5.74) is 1.91. The van der Waals surface area contributed by atoms with Gasteiger partial charge in [0.1, 0.15) is 5.82 Å². The molecular formula is C22H27F2IN6. The number of halogens is 3. The van der Waals surface area contributed by atoms with Crippen LogP contribution < -0.4 is 15.5 Å². The predicted octanol–water partition coefficient (Wildman–Crippen LogP) is 3.84. The first kappa shape index (κ1) is 23.2. The maximum absolute atomic E-state index is 14.0. The molecule has 166 valence electrons. The zero-order valence-corrected chi connectivity index (χ0v) is 19.7. The fourth-order valence-electron chi connectivity index (χ4n) is 3.85. The van der Waals surface area contributed by atoms with Crippen molar-refractivity contribution < 1.29 is 8.78 Å². The van der Waals surface area contributed by atoms with Gasteiger partial charge in [-0.15, -0.1) is 24.0 Å². The van der Waals surface area contributed by atoms with Crippen LogP contribution >= 0.6 is 24.0 Å². The van der Waals surface area contributed by atoms with E-state index in [0.29, 0.717) is 18.9 Å². The molecule has 1 aliphatic rings. The number of nitrogens with one attached hydrogen (secondary N) is 3. The largest absolute Gasteiger partial charge is 0.361 e. The number of aliphatic imine (C=N–C) groups is 1. The molecule has 1 atom stereocenters. The fraction of sp³-hybridized carbons (Fsp3) is 0.364. The molecule has 2 aromatic heterocycles. The van der Waals surface area contributed by atoms with Crippen LogP contribution in [0.5, 0.6) is 0 Å². The number of nitrogens with zero attached hydrogens (tertiary/aromatic N) is 3. The maximum Gasteiger partial charge on any atom is 0.191 e. The number of hydrogen-bond acceptors (Lipinski definition) is 3. The number of pyridine rings is 1. The Labute approximate surface area is 197 Å². The van der Waals surface area contributed by atoms with E-state index in [1.54, 1.807) is 18.3 Å². The Morgan fingerprint density at radius 3 is 3.00 bits per heavy atom. The highest BCUT2D eigenvalue weighted by atomic mass is 127. The first-order valence-corrected chi connectivity index (χ1v) is 10.3. The standard InChI is InChI=1S/C22H26F2N6.HI/c1-2-25-22(27-10-7-15-13-28-20-12-16(23)5-6-18(15)20)29-17-8-11-30(14-17)21-19(24)4-3-9-26-21;/h3-6,9,12-13,17,28H,2,7-8,10-11,14H2,1H3,(H2,25,27,29);1H. The Kier molecular flexibility index (Phi) is 8.05. The second kappa shape index (κ2) is 10.7. The molecule has 0 spiro atoms. The molecule has 1 fully saturated rings. The molecule has 1 unspecified atom stereocenters.